The quantitative estimate of drug-likeness (QED) is 0.880. The molecule has 3 nitrogen and oxygen atoms in total. The second-order valence-electron chi connectivity index (χ2n) is 5.74. The number of rotatable bonds is 6. The highest BCUT2D eigenvalue weighted by molar-refractivity contribution is 5.44. The van der Waals surface area contributed by atoms with E-state index in [0.717, 1.165) is 43.9 Å². The highest BCUT2D eigenvalue weighted by Gasteiger charge is 2.21. The number of nitrogens with two attached hydrogens (primary N) is 1. The molecule has 1 aliphatic heterocycles. The van der Waals surface area contributed by atoms with Crippen LogP contribution in [-0.4, -0.2) is 13.2 Å². The summed E-state index contributed by atoms with van der Waals surface area (Å²) < 4.78 is 11.7. The maximum Gasteiger partial charge on any atom is 0.126 e. The predicted molar refractivity (Wildman–Crippen MR) is 88.4 cm³/mol. The molecule has 2 aromatic rings. The summed E-state index contributed by atoms with van der Waals surface area (Å²) in [5.41, 5.74) is 8.10. The van der Waals surface area contributed by atoms with Gasteiger partial charge < -0.3 is 15.2 Å². The fourth-order valence-electron chi connectivity index (χ4n) is 2.94. The lowest BCUT2D eigenvalue weighted by molar-refractivity contribution is 0.257. The second-order valence-corrected chi connectivity index (χ2v) is 5.74. The fraction of sp³-hybridized carbons (Fsp3) is 0.368. The highest BCUT2D eigenvalue weighted by Crippen LogP contribution is 2.38. The van der Waals surface area contributed by atoms with E-state index in [1.807, 2.05) is 30.3 Å². The standard InChI is InChI=1S/C19H23NO2/c20-11-4-7-16-10-12-21-19-13-17(8-9-18(16)19)22-14-15-5-2-1-3-6-15/h1-3,5-6,8-9,13,16H,4,7,10-12,14,20H2. The SMILES string of the molecule is NCCCC1CCOc2cc(OCc3ccccc3)ccc21. The minimum Gasteiger partial charge on any atom is -0.493 e. The fourth-order valence-corrected chi connectivity index (χ4v) is 2.94. The molecule has 0 saturated heterocycles. The van der Waals surface area contributed by atoms with Crippen LogP contribution < -0.4 is 15.2 Å². The number of fused-ring (bicyclic) bond motifs is 1. The predicted octanol–water partition coefficient (Wildman–Crippen LogP) is 3.87. The molecule has 2 N–H and O–H groups in total. The van der Waals surface area contributed by atoms with E-state index in [0.29, 0.717) is 12.5 Å². The first kappa shape index (κ1) is 14.9. The Morgan fingerprint density at radius 2 is 2.00 bits per heavy atom. The van der Waals surface area contributed by atoms with Crippen molar-refractivity contribution in [3.8, 4) is 11.5 Å². The van der Waals surface area contributed by atoms with Gasteiger partial charge in [0.1, 0.15) is 18.1 Å². The summed E-state index contributed by atoms with van der Waals surface area (Å²) in [4.78, 5) is 0. The zero-order valence-corrected chi connectivity index (χ0v) is 12.8. The van der Waals surface area contributed by atoms with Crippen LogP contribution in [0.5, 0.6) is 11.5 Å². The van der Waals surface area contributed by atoms with Gasteiger partial charge in [-0.25, -0.2) is 0 Å². The van der Waals surface area contributed by atoms with Crippen LogP contribution in [0, 0.1) is 0 Å². The molecule has 0 radical (unpaired) electrons. The number of hydrogen-bond donors (Lipinski definition) is 1. The van der Waals surface area contributed by atoms with Crippen molar-refractivity contribution in [2.75, 3.05) is 13.2 Å². The summed E-state index contributed by atoms with van der Waals surface area (Å²) in [5, 5.41) is 0. The molecule has 116 valence electrons. The van der Waals surface area contributed by atoms with Crippen LogP contribution in [0.4, 0.5) is 0 Å². The zero-order valence-electron chi connectivity index (χ0n) is 12.8. The van der Waals surface area contributed by atoms with Crippen LogP contribution in [0.2, 0.25) is 0 Å². The first-order valence-electron chi connectivity index (χ1n) is 8.00. The topological polar surface area (TPSA) is 44.5 Å². The Kier molecular flexibility index (Phi) is 4.96. The Hall–Kier alpha value is -2.00. The molecule has 1 unspecified atom stereocenters. The Balaban J connectivity index is 1.68. The Morgan fingerprint density at radius 3 is 2.82 bits per heavy atom. The molecule has 0 fully saturated rings. The third-order valence-electron chi connectivity index (χ3n) is 4.15. The molecule has 2 aromatic carbocycles. The minimum atomic E-state index is 0.565. The van der Waals surface area contributed by atoms with Crippen LogP contribution in [0.15, 0.2) is 48.5 Å². The summed E-state index contributed by atoms with van der Waals surface area (Å²) in [6.45, 7) is 2.12. The van der Waals surface area contributed by atoms with E-state index in [1.165, 1.54) is 11.1 Å². The van der Waals surface area contributed by atoms with Crippen LogP contribution in [0.3, 0.4) is 0 Å². The van der Waals surface area contributed by atoms with Gasteiger partial charge in [0.05, 0.1) is 6.61 Å². The lowest BCUT2D eigenvalue weighted by Gasteiger charge is -2.26. The third kappa shape index (κ3) is 3.60. The van der Waals surface area contributed by atoms with Gasteiger partial charge in [-0.3, -0.25) is 0 Å². The van der Waals surface area contributed by atoms with Crippen LogP contribution in [-0.2, 0) is 6.61 Å². The third-order valence-corrected chi connectivity index (χ3v) is 4.15. The first-order chi connectivity index (χ1) is 10.9. The van der Waals surface area contributed by atoms with Gasteiger partial charge in [-0.2, -0.15) is 0 Å². The van der Waals surface area contributed by atoms with Gasteiger partial charge >= 0.3 is 0 Å². The monoisotopic (exact) mass is 297 g/mol. The van der Waals surface area contributed by atoms with E-state index in [1.54, 1.807) is 0 Å². The molecule has 22 heavy (non-hydrogen) atoms. The van der Waals surface area contributed by atoms with Gasteiger partial charge in [0.25, 0.3) is 0 Å². The highest BCUT2D eigenvalue weighted by atomic mass is 16.5. The van der Waals surface area contributed by atoms with Crippen LogP contribution in [0.1, 0.15) is 36.3 Å². The molecular formula is C19H23NO2. The molecule has 1 atom stereocenters. The second kappa shape index (κ2) is 7.32. The zero-order chi connectivity index (χ0) is 15.2. The van der Waals surface area contributed by atoms with E-state index in [2.05, 4.69) is 18.2 Å². The molecule has 0 aromatic heterocycles. The summed E-state index contributed by atoms with van der Waals surface area (Å²) in [7, 11) is 0. The van der Waals surface area contributed by atoms with Gasteiger partial charge in [-0.05, 0) is 48.9 Å². The molecule has 0 amide bonds. The normalized spacial score (nSPS) is 16.7. The summed E-state index contributed by atoms with van der Waals surface area (Å²) in [6.07, 6.45) is 3.28. The van der Waals surface area contributed by atoms with Crippen molar-refractivity contribution < 1.29 is 9.47 Å². The molecule has 3 rings (SSSR count). The van der Waals surface area contributed by atoms with Crippen molar-refractivity contribution in [2.24, 2.45) is 5.73 Å². The van der Waals surface area contributed by atoms with Gasteiger partial charge in [0.15, 0.2) is 0 Å². The smallest absolute Gasteiger partial charge is 0.126 e. The van der Waals surface area contributed by atoms with E-state index >= 15 is 0 Å². The minimum absolute atomic E-state index is 0.565. The van der Waals surface area contributed by atoms with E-state index in [-0.39, 0.29) is 0 Å². The Labute approximate surface area is 132 Å². The molecule has 0 bridgehead atoms. The summed E-state index contributed by atoms with van der Waals surface area (Å²) >= 11 is 0. The maximum atomic E-state index is 5.87. The van der Waals surface area contributed by atoms with Crippen molar-refractivity contribution in [3.63, 3.8) is 0 Å². The number of ether oxygens (including phenoxy) is 2. The summed E-state index contributed by atoms with van der Waals surface area (Å²) in [5.74, 6) is 2.40. The summed E-state index contributed by atoms with van der Waals surface area (Å²) in [6, 6.07) is 16.4. The van der Waals surface area contributed by atoms with Crippen molar-refractivity contribution in [1.29, 1.82) is 0 Å². The van der Waals surface area contributed by atoms with Crippen LogP contribution >= 0.6 is 0 Å². The van der Waals surface area contributed by atoms with Gasteiger partial charge in [-0.1, -0.05) is 36.4 Å². The molecule has 0 saturated carbocycles. The average Bonchev–Trinajstić information content (AvgIpc) is 2.58. The number of benzene rings is 2. The molecule has 3 heteroatoms. The van der Waals surface area contributed by atoms with E-state index in [9.17, 15) is 0 Å². The maximum absolute atomic E-state index is 5.87. The van der Waals surface area contributed by atoms with E-state index < -0.39 is 0 Å². The Morgan fingerprint density at radius 1 is 1.14 bits per heavy atom. The lowest BCUT2D eigenvalue weighted by Crippen LogP contribution is -2.15. The van der Waals surface area contributed by atoms with Gasteiger partial charge in [0.2, 0.25) is 0 Å². The molecule has 1 heterocycles. The Bertz CT molecular complexity index is 598. The van der Waals surface area contributed by atoms with Crippen molar-refractivity contribution in [3.05, 3.63) is 59.7 Å². The molecule has 0 aliphatic carbocycles. The van der Waals surface area contributed by atoms with Crippen molar-refractivity contribution in [1.82, 2.24) is 0 Å². The molecule has 0 spiro atoms. The average molecular weight is 297 g/mol. The van der Waals surface area contributed by atoms with E-state index in [4.69, 9.17) is 15.2 Å². The van der Waals surface area contributed by atoms with Gasteiger partial charge in [0, 0.05) is 6.07 Å². The van der Waals surface area contributed by atoms with Crippen molar-refractivity contribution in [2.45, 2.75) is 31.8 Å². The van der Waals surface area contributed by atoms with Crippen LogP contribution in [0.25, 0.3) is 0 Å². The lowest BCUT2D eigenvalue weighted by atomic mass is 9.89. The molecule has 1 aliphatic rings. The van der Waals surface area contributed by atoms with Gasteiger partial charge in [-0.15, -0.1) is 0 Å². The first-order valence-corrected chi connectivity index (χ1v) is 8.00. The van der Waals surface area contributed by atoms with Crippen molar-refractivity contribution >= 4 is 0 Å². The largest absolute Gasteiger partial charge is 0.493 e. The molecular weight excluding hydrogens is 274 g/mol. The number of hydrogen-bond acceptors (Lipinski definition) is 3.